The van der Waals surface area contributed by atoms with Gasteiger partial charge in [-0.25, -0.2) is 0 Å². The van der Waals surface area contributed by atoms with Crippen LogP contribution in [0.2, 0.25) is 0 Å². The molecule has 0 aliphatic heterocycles. The largest absolute Gasteiger partial charge is 0.386 e. The Bertz CT molecular complexity index is 648. The van der Waals surface area contributed by atoms with Crippen molar-refractivity contribution in [3.05, 3.63) is 53.3 Å². The highest BCUT2D eigenvalue weighted by Gasteiger charge is 2.07. The van der Waals surface area contributed by atoms with E-state index >= 15 is 0 Å². The zero-order chi connectivity index (χ0) is 15.2. The summed E-state index contributed by atoms with van der Waals surface area (Å²) in [6, 6.07) is 3.36. The van der Waals surface area contributed by atoms with Crippen molar-refractivity contribution in [1.82, 2.24) is 15.5 Å². The number of amidine groups is 1. The first-order valence-corrected chi connectivity index (χ1v) is 6.41. The van der Waals surface area contributed by atoms with Crippen LogP contribution in [-0.2, 0) is 6.54 Å². The summed E-state index contributed by atoms with van der Waals surface area (Å²) < 4.78 is 5.06. The molecule has 0 saturated heterocycles. The van der Waals surface area contributed by atoms with Gasteiger partial charge in [0.1, 0.15) is 17.3 Å². The van der Waals surface area contributed by atoms with Crippen LogP contribution in [0.1, 0.15) is 27.5 Å². The summed E-state index contributed by atoms with van der Waals surface area (Å²) in [6.07, 6.45) is 4.81. The molecule has 21 heavy (non-hydrogen) atoms. The van der Waals surface area contributed by atoms with E-state index in [9.17, 15) is 4.79 Å². The zero-order valence-corrected chi connectivity index (χ0v) is 11.9. The molecule has 2 aromatic heterocycles. The van der Waals surface area contributed by atoms with E-state index in [1.165, 1.54) is 6.08 Å². The van der Waals surface area contributed by atoms with E-state index < -0.39 is 5.91 Å². The molecular weight excluding hydrogens is 270 g/mol. The van der Waals surface area contributed by atoms with Crippen LogP contribution >= 0.6 is 0 Å². The first-order valence-electron chi connectivity index (χ1n) is 6.41. The van der Waals surface area contributed by atoms with Gasteiger partial charge in [-0.3, -0.25) is 4.79 Å². The van der Waals surface area contributed by atoms with Gasteiger partial charge < -0.3 is 20.6 Å². The van der Waals surface area contributed by atoms with Crippen molar-refractivity contribution in [3.63, 3.8) is 0 Å². The van der Waals surface area contributed by atoms with E-state index in [1.54, 1.807) is 24.5 Å². The van der Waals surface area contributed by atoms with Crippen molar-refractivity contribution in [2.45, 2.75) is 20.4 Å². The van der Waals surface area contributed by atoms with Gasteiger partial charge in [-0.15, -0.1) is 0 Å². The molecule has 0 saturated carbocycles. The quantitative estimate of drug-likeness (QED) is 0.569. The van der Waals surface area contributed by atoms with Gasteiger partial charge in [-0.05, 0) is 32.1 Å². The molecule has 7 nitrogen and oxygen atoms in total. The Morgan fingerprint density at radius 3 is 3.00 bits per heavy atom. The number of nitrogens with one attached hydrogen (secondary N) is 2. The predicted octanol–water partition coefficient (Wildman–Crippen LogP) is 1.42. The summed E-state index contributed by atoms with van der Waals surface area (Å²) in [6.45, 7) is 4.29. The third kappa shape index (κ3) is 3.82. The zero-order valence-electron chi connectivity index (χ0n) is 11.9. The first-order chi connectivity index (χ1) is 10.1. The summed E-state index contributed by atoms with van der Waals surface area (Å²) in [4.78, 5) is 18.2. The van der Waals surface area contributed by atoms with Crippen LogP contribution in [0.4, 0.5) is 0 Å². The van der Waals surface area contributed by atoms with Crippen molar-refractivity contribution in [2.24, 2.45) is 10.7 Å². The van der Waals surface area contributed by atoms with Gasteiger partial charge in [0.2, 0.25) is 0 Å². The lowest BCUT2D eigenvalue weighted by molar-refractivity contribution is 0.0999. The molecule has 2 rings (SSSR count). The highest BCUT2D eigenvalue weighted by Crippen LogP contribution is 2.11. The van der Waals surface area contributed by atoms with E-state index in [0.29, 0.717) is 12.2 Å². The molecule has 0 unspecified atom stereocenters. The average molecular weight is 287 g/mol. The standard InChI is InChI=1S/C14H17N5O2/c1-9-11(10(2)21-19-9)8-16-7-5-13(15)18-14(20)12-4-3-6-17-12/h3-7,16-17H,8H2,1-2H3,(H2,15,18,20). The van der Waals surface area contributed by atoms with Crippen LogP contribution in [0.5, 0.6) is 0 Å². The fourth-order valence-electron chi connectivity index (χ4n) is 1.74. The van der Waals surface area contributed by atoms with Crippen LogP contribution < -0.4 is 11.1 Å². The summed E-state index contributed by atoms with van der Waals surface area (Å²) in [5.74, 6) is 0.491. The molecule has 2 aromatic rings. The average Bonchev–Trinajstić information content (AvgIpc) is 3.07. The van der Waals surface area contributed by atoms with Crippen LogP contribution in [0.3, 0.4) is 0 Å². The molecule has 7 heteroatoms. The van der Waals surface area contributed by atoms with Gasteiger partial charge in [0.15, 0.2) is 0 Å². The normalized spacial score (nSPS) is 12.0. The number of aliphatic imine (C=N–C) groups is 1. The van der Waals surface area contributed by atoms with Gasteiger partial charge in [0.05, 0.1) is 5.69 Å². The molecule has 0 bridgehead atoms. The number of carbonyl (C=O) groups excluding carboxylic acids is 1. The third-order valence-electron chi connectivity index (χ3n) is 2.89. The topological polar surface area (TPSA) is 109 Å². The Kier molecular flexibility index (Phi) is 4.55. The van der Waals surface area contributed by atoms with E-state index in [0.717, 1.165) is 17.0 Å². The van der Waals surface area contributed by atoms with Gasteiger partial charge in [0.25, 0.3) is 5.91 Å². The van der Waals surface area contributed by atoms with E-state index in [1.807, 2.05) is 13.8 Å². The molecule has 0 radical (unpaired) electrons. The molecule has 2 heterocycles. The SMILES string of the molecule is Cc1noc(C)c1CNC=CC(N)=NC(=O)c1ccc[nH]1. The van der Waals surface area contributed by atoms with Crippen LogP contribution in [0, 0.1) is 13.8 Å². The highest BCUT2D eigenvalue weighted by atomic mass is 16.5. The second kappa shape index (κ2) is 6.56. The van der Waals surface area contributed by atoms with Gasteiger partial charge in [-0.1, -0.05) is 5.16 Å². The maximum atomic E-state index is 11.7. The molecule has 4 N–H and O–H groups in total. The van der Waals surface area contributed by atoms with Crippen molar-refractivity contribution in [3.8, 4) is 0 Å². The summed E-state index contributed by atoms with van der Waals surface area (Å²) in [7, 11) is 0. The minimum atomic E-state index is -0.409. The van der Waals surface area contributed by atoms with Gasteiger partial charge >= 0.3 is 0 Å². The molecule has 1 amide bonds. The number of nitrogens with zero attached hydrogens (tertiary/aromatic N) is 2. The molecule has 0 aliphatic carbocycles. The van der Waals surface area contributed by atoms with Crippen LogP contribution in [0.25, 0.3) is 0 Å². The van der Waals surface area contributed by atoms with E-state index in [2.05, 4.69) is 20.4 Å². The van der Waals surface area contributed by atoms with Crippen LogP contribution in [0.15, 0.2) is 40.1 Å². The Labute approximate surface area is 121 Å². The van der Waals surface area contributed by atoms with Gasteiger partial charge in [-0.2, -0.15) is 4.99 Å². The lowest BCUT2D eigenvalue weighted by Gasteiger charge is -1.99. The smallest absolute Gasteiger partial charge is 0.295 e. The van der Waals surface area contributed by atoms with Crippen molar-refractivity contribution in [1.29, 1.82) is 0 Å². The molecular formula is C14H17N5O2. The minimum Gasteiger partial charge on any atom is -0.386 e. The number of carbonyl (C=O) groups is 1. The summed E-state index contributed by atoms with van der Waals surface area (Å²) >= 11 is 0. The number of aromatic amines is 1. The number of nitrogens with two attached hydrogens (primary N) is 1. The Morgan fingerprint density at radius 2 is 2.38 bits per heavy atom. The first kappa shape index (κ1) is 14.6. The lowest BCUT2D eigenvalue weighted by atomic mass is 10.2. The molecule has 110 valence electrons. The van der Waals surface area contributed by atoms with E-state index in [4.69, 9.17) is 10.3 Å². The number of rotatable bonds is 5. The summed E-state index contributed by atoms with van der Waals surface area (Å²) in [5.41, 5.74) is 7.90. The monoisotopic (exact) mass is 287 g/mol. The number of aryl methyl sites for hydroxylation is 2. The number of hydrogen-bond donors (Lipinski definition) is 3. The van der Waals surface area contributed by atoms with Crippen molar-refractivity contribution >= 4 is 11.7 Å². The maximum absolute atomic E-state index is 11.7. The highest BCUT2D eigenvalue weighted by molar-refractivity contribution is 6.05. The number of aromatic nitrogens is 2. The fraction of sp³-hybridized carbons (Fsp3) is 0.214. The summed E-state index contributed by atoms with van der Waals surface area (Å²) in [5, 5.41) is 6.91. The Balaban J connectivity index is 1.88. The molecule has 0 spiro atoms. The number of amides is 1. The lowest BCUT2D eigenvalue weighted by Crippen LogP contribution is -2.14. The van der Waals surface area contributed by atoms with Gasteiger partial charge in [0, 0.05) is 24.5 Å². The maximum Gasteiger partial charge on any atom is 0.295 e. The number of H-pyrrole nitrogens is 1. The Hall–Kier alpha value is -2.83. The number of hydrogen-bond acceptors (Lipinski definition) is 4. The second-order valence-corrected chi connectivity index (χ2v) is 4.44. The fourth-order valence-corrected chi connectivity index (χ4v) is 1.74. The second-order valence-electron chi connectivity index (χ2n) is 4.44. The molecule has 0 fully saturated rings. The molecule has 0 atom stereocenters. The van der Waals surface area contributed by atoms with Crippen molar-refractivity contribution in [2.75, 3.05) is 0 Å². The molecule has 0 aromatic carbocycles. The van der Waals surface area contributed by atoms with Crippen LogP contribution in [-0.4, -0.2) is 21.9 Å². The third-order valence-corrected chi connectivity index (χ3v) is 2.89. The van der Waals surface area contributed by atoms with E-state index in [-0.39, 0.29) is 5.84 Å². The molecule has 0 aliphatic rings. The minimum absolute atomic E-state index is 0.126. The Morgan fingerprint density at radius 1 is 1.57 bits per heavy atom. The predicted molar refractivity (Wildman–Crippen MR) is 78.7 cm³/mol. The van der Waals surface area contributed by atoms with Crippen molar-refractivity contribution < 1.29 is 9.32 Å².